The zero-order chi connectivity index (χ0) is 18.4. The summed E-state index contributed by atoms with van der Waals surface area (Å²) in [6.45, 7) is 0.944. The first kappa shape index (κ1) is 17.6. The molecule has 2 aromatic rings. The molecule has 0 aliphatic carbocycles. The number of carbonyl (C=O) groups excluding carboxylic acids is 1. The quantitative estimate of drug-likeness (QED) is 0.502. The molecule has 5 nitrogen and oxygen atoms in total. The molecular weight excluding hydrogens is 352 g/mol. The third kappa shape index (κ3) is 4.44. The number of anilines is 1. The van der Waals surface area contributed by atoms with Gasteiger partial charge in [-0.15, -0.1) is 0 Å². The molecule has 0 saturated carbocycles. The molecule has 1 N–H and O–H groups in total. The number of fused-ring (bicyclic) bond motifs is 1. The average molecular weight is 367 g/mol. The van der Waals surface area contributed by atoms with Gasteiger partial charge < -0.3 is 14.8 Å². The molecule has 0 spiro atoms. The van der Waals surface area contributed by atoms with Crippen molar-refractivity contribution in [1.82, 2.24) is 0 Å². The van der Waals surface area contributed by atoms with Crippen molar-refractivity contribution >= 4 is 29.3 Å². The number of nitriles is 1. The van der Waals surface area contributed by atoms with E-state index in [9.17, 15) is 10.1 Å². The van der Waals surface area contributed by atoms with E-state index in [0.29, 0.717) is 30.4 Å². The number of carbonyl (C=O) groups is 1. The van der Waals surface area contributed by atoms with Crippen LogP contribution in [0.1, 0.15) is 5.56 Å². The monoisotopic (exact) mass is 366 g/mol. The van der Waals surface area contributed by atoms with Gasteiger partial charge >= 0.3 is 0 Å². The molecule has 0 aromatic heterocycles. The van der Waals surface area contributed by atoms with Crippen LogP contribution in [0.5, 0.6) is 11.5 Å². The second-order valence-corrected chi connectivity index (χ2v) is 5.86. The van der Waals surface area contributed by atoms with E-state index >= 15 is 0 Å². The van der Waals surface area contributed by atoms with E-state index in [1.54, 1.807) is 24.3 Å². The van der Waals surface area contributed by atoms with E-state index in [4.69, 9.17) is 21.1 Å². The Kier molecular flexibility index (Phi) is 5.57. The molecular formula is C20H15ClN2O3. The molecule has 0 saturated heterocycles. The number of halogens is 1. The topological polar surface area (TPSA) is 71.4 Å². The fourth-order valence-corrected chi connectivity index (χ4v) is 2.59. The van der Waals surface area contributed by atoms with Crippen molar-refractivity contribution in [3.8, 4) is 17.6 Å². The molecule has 26 heavy (non-hydrogen) atoms. The summed E-state index contributed by atoms with van der Waals surface area (Å²) in [6.07, 6.45) is 3.01. The largest absolute Gasteiger partial charge is 0.486 e. The van der Waals surface area contributed by atoms with Crippen LogP contribution >= 0.6 is 11.6 Å². The highest BCUT2D eigenvalue weighted by atomic mass is 35.5. The number of hydrogen-bond donors (Lipinski definition) is 1. The Bertz CT molecular complexity index is 914. The smallest absolute Gasteiger partial charge is 0.266 e. The van der Waals surface area contributed by atoms with Gasteiger partial charge in [0, 0.05) is 16.8 Å². The Morgan fingerprint density at radius 1 is 1.12 bits per heavy atom. The van der Waals surface area contributed by atoms with E-state index in [-0.39, 0.29) is 10.6 Å². The SMILES string of the molecule is N#C/C(=C\C(Cl)=C\c1ccccc1)C(=O)Nc1ccc2c(c1)OCCO2. The number of allylic oxidation sites excluding steroid dienone is 2. The van der Waals surface area contributed by atoms with E-state index in [1.807, 2.05) is 36.4 Å². The maximum absolute atomic E-state index is 12.3. The lowest BCUT2D eigenvalue weighted by Crippen LogP contribution is -2.17. The van der Waals surface area contributed by atoms with Crippen molar-refractivity contribution in [3.63, 3.8) is 0 Å². The molecule has 0 bridgehead atoms. The lowest BCUT2D eigenvalue weighted by molar-refractivity contribution is -0.112. The molecule has 1 aliphatic heterocycles. The molecule has 1 aliphatic rings. The minimum Gasteiger partial charge on any atom is -0.486 e. The second kappa shape index (κ2) is 8.24. The van der Waals surface area contributed by atoms with Gasteiger partial charge in [0.05, 0.1) is 0 Å². The first-order valence-electron chi connectivity index (χ1n) is 7.91. The number of ether oxygens (including phenoxy) is 2. The van der Waals surface area contributed by atoms with Crippen molar-refractivity contribution in [2.24, 2.45) is 0 Å². The third-order valence-electron chi connectivity index (χ3n) is 3.55. The van der Waals surface area contributed by atoms with Crippen LogP contribution in [-0.4, -0.2) is 19.1 Å². The lowest BCUT2D eigenvalue weighted by atomic mass is 10.2. The summed E-state index contributed by atoms with van der Waals surface area (Å²) in [5.74, 6) is 0.626. The van der Waals surface area contributed by atoms with Crippen molar-refractivity contribution in [2.75, 3.05) is 18.5 Å². The Labute approximate surface area is 156 Å². The van der Waals surface area contributed by atoms with Crippen molar-refractivity contribution < 1.29 is 14.3 Å². The number of amides is 1. The average Bonchev–Trinajstić information content (AvgIpc) is 2.66. The summed E-state index contributed by atoms with van der Waals surface area (Å²) in [6, 6.07) is 16.3. The highest BCUT2D eigenvalue weighted by Gasteiger charge is 2.14. The molecule has 0 unspecified atom stereocenters. The molecule has 6 heteroatoms. The van der Waals surface area contributed by atoms with E-state index in [0.717, 1.165) is 5.56 Å². The first-order chi connectivity index (χ1) is 12.7. The summed E-state index contributed by atoms with van der Waals surface area (Å²) >= 11 is 6.15. The van der Waals surface area contributed by atoms with Crippen LogP contribution in [0.4, 0.5) is 5.69 Å². The van der Waals surface area contributed by atoms with Crippen LogP contribution in [0.2, 0.25) is 0 Å². The van der Waals surface area contributed by atoms with E-state index in [2.05, 4.69) is 5.32 Å². The maximum atomic E-state index is 12.3. The number of nitrogens with one attached hydrogen (secondary N) is 1. The van der Waals surface area contributed by atoms with Crippen LogP contribution in [0.25, 0.3) is 6.08 Å². The minimum atomic E-state index is -0.552. The van der Waals surface area contributed by atoms with Gasteiger partial charge in [-0.3, -0.25) is 4.79 Å². The highest BCUT2D eigenvalue weighted by Crippen LogP contribution is 2.32. The number of nitrogens with zero attached hydrogens (tertiary/aromatic N) is 1. The fourth-order valence-electron chi connectivity index (χ4n) is 2.36. The molecule has 1 heterocycles. The molecule has 0 atom stereocenters. The molecule has 3 rings (SSSR count). The van der Waals surface area contributed by atoms with Crippen molar-refractivity contribution in [2.45, 2.75) is 0 Å². The van der Waals surface area contributed by atoms with Crippen LogP contribution in [0, 0.1) is 11.3 Å². The Hall–Kier alpha value is -3.23. The predicted molar refractivity (Wildman–Crippen MR) is 100 cm³/mol. The first-order valence-corrected chi connectivity index (χ1v) is 8.28. The molecule has 1 amide bonds. The van der Waals surface area contributed by atoms with Crippen molar-refractivity contribution in [1.29, 1.82) is 5.26 Å². The maximum Gasteiger partial charge on any atom is 0.266 e. The predicted octanol–water partition coefficient (Wildman–Crippen LogP) is 4.13. The Morgan fingerprint density at radius 3 is 2.58 bits per heavy atom. The Balaban J connectivity index is 1.75. The van der Waals surface area contributed by atoms with E-state index < -0.39 is 5.91 Å². The zero-order valence-corrected chi connectivity index (χ0v) is 14.5. The second-order valence-electron chi connectivity index (χ2n) is 5.42. The summed E-state index contributed by atoms with van der Waals surface area (Å²) < 4.78 is 10.9. The summed E-state index contributed by atoms with van der Waals surface area (Å²) in [5, 5.41) is 12.2. The van der Waals surface area contributed by atoms with E-state index in [1.165, 1.54) is 6.08 Å². The van der Waals surface area contributed by atoms with Gasteiger partial charge in [-0.25, -0.2) is 0 Å². The molecule has 0 radical (unpaired) electrons. The fraction of sp³-hybridized carbons (Fsp3) is 0.100. The molecule has 0 fully saturated rings. The van der Waals surface area contributed by atoms with Crippen LogP contribution < -0.4 is 14.8 Å². The normalized spacial score (nSPS) is 13.7. The molecule has 130 valence electrons. The van der Waals surface area contributed by atoms with Gasteiger partial charge in [-0.1, -0.05) is 41.9 Å². The minimum absolute atomic E-state index is 0.0999. The zero-order valence-electron chi connectivity index (χ0n) is 13.7. The lowest BCUT2D eigenvalue weighted by Gasteiger charge is -2.18. The summed E-state index contributed by atoms with van der Waals surface area (Å²) in [7, 11) is 0. The van der Waals surface area contributed by atoms with Crippen molar-refractivity contribution in [3.05, 3.63) is 70.8 Å². The number of benzene rings is 2. The van der Waals surface area contributed by atoms with Crippen LogP contribution in [0.15, 0.2) is 65.2 Å². The van der Waals surface area contributed by atoms with Gasteiger partial charge in [0.1, 0.15) is 24.9 Å². The summed E-state index contributed by atoms with van der Waals surface area (Å²) in [5.41, 5.74) is 1.28. The van der Waals surface area contributed by atoms with Gasteiger partial charge in [-0.05, 0) is 29.8 Å². The molecule has 2 aromatic carbocycles. The van der Waals surface area contributed by atoms with Crippen LogP contribution in [0.3, 0.4) is 0 Å². The van der Waals surface area contributed by atoms with Crippen LogP contribution in [-0.2, 0) is 4.79 Å². The highest BCUT2D eigenvalue weighted by molar-refractivity contribution is 6.33. The van der Waals surface area contributed by atoms with Gasteiger partial charge in [-0.2, -0.15) is 5.26 Å². The van der Waals surface area contributed by atoms with Gasteiger partial charge in [0.2, 0.25) is 0 Å². The van der Waals surface area contributed by atoms with Gasteiger partial charge in [0.25, 0.3) is 5.91 Å². The number of rotatable bonds is 4. The summed E-state index contributed by atoms with van der Waals surface area (Å²) in [4.78, 5) is 12.3. The van der Waals surface area contributed by atoms with Gasteiger partial charge in [0.15, 0.2) is 11.5 Å². The third-order valence-corrected chi connectivity index (χ3v) is 3.77. The Morgan fingerprint density at radius 2 is 1.85 bits per heavy atom. The standard InChI is InChI=1S/C20H15ClN2O3/c21-16(10-14-4-2-1-3-5-14)11-15(13-22)20(24)23-17-6-7-18-19(12-17)26-9-8-25-18/h1-7,10-12H,8-9H2,(H,23,24)/b15-11+,16-10-. The number of hydrogen-bond acceptors (Lipinski definition) is 4.